The van der Waals surface area contributed by atoms with Crippen molar-refractivity contribution in [2.75, 3.05) is 13.2 Å². The van der Waals surface area contributed by atoms with Gasteiger partial charge >= 0.3 is 0 Å². The Morgan fingerprint density at radius 3 is 1.31 bits per heavy atom. The van der Waals surface area contributed by atoms with Gasteiger partial charge < -0.3 is 10.2 Å². The highest BCUT2D eigenvalue weighted by Gasteiger charge is 2.12. The van der Waals surface area contributed by atoms with Crippen LogP contribution in [0.25, 0.3) is 0 Å². The van der Waals surface area contributed by atoms with E-state index >= 15 is 0 Å². The Morgan fingerprint density at radius 2 is 1.06 bits per heavy atom. The molecule has 0 saturated heterocycles. The van der Waals surface area contributed by atoms with Crippen molar-refractivity contribution in [1.29, 1.82) is 0 Å². The molecular weight excluding hydrogens is 208 g/mol. The van der Waals surface area contributed by atoms with Crippen LogP contribution in [0.1, 0.15) is 53.4 Å². The van der Waals surface area contributed by atoms with Gasteiger partial charge in [-0.25, -0.2) is 9.78 Å². The highest BCUT2D eigenvalue weighted by Crippen LogP contribution is 2.11. The van der Waals surface area contributed by atoms with Gasteiger partial charge in [-0.05, 0) is 53.4 Å². The maximum Gasteiger partial charge on any atom is 0.0823 e. The lowest BCUT2D eigenvalue weighted by atomic mass is 10.0. The zero-order valence-electron chi connectivity index (χ0n) is 11.0. The van der Waals surface area contributed by atoms with Crippen LogP contribution in [0.3, 0.4) is 0 Å². The summed E-state index contributed by atoms with van der Waals surface area (Å²) in [6.45, 7) is 8.09. The first-order chi connectivity index (χ1) is 7.21. The summed E-state index contributed by atoms with van der Waals surface area (Å²) >= 11 is 0. The summed E-state index contributed by atoms with van der Waals surface area (Å²) in [4.78, 5) is 9.90. The van der Waals surface area contributed by atoms with Crippen LogP contribution in [-0.4, -0.2) is 34.6 Å². The van der Waals surface area contributed by atoms with E-state index in [-0.39, 0.29) is 0 Å². The van der Waals surface area contributed by atoms with Crippen LogP contribution in [0.15, 0.2) is 0 Å². The third-order valence-electron chi connectivity index (χ3n) is 2.12. The smallest absolute Gasteiger partial charge is 0.0823 e. The molecule has 0 aromatic carbocycles. The van der Waals surface area contributed by atoms with Crippen LogP contribution in [0, 0.1) is 0 Å². The van der Waals surface area contributed by atoms with Gasteiger partial charge in [0.2, 0.25) is 0 Å². The topological polar surface area (TPSA) is 58.9 Å². The fourth-order valence-corrected chi connectivity index (χ4v) is 1.25. The first-order valence-electron chi connectivity index (χ1n) is 5.90. The van der Waals surface area contributed by atoms with Gasteiger partial charge in [-0.15, -0.1) is 0 Å². The molecule has 0 aliphatic heterocycles. The van der Waals surface area contributed by atoms with Gasteiger partial charge in [0, 0.05) is 0 Å². The lowest BCUT2D eigenvalue weighted by Gasteiger charge is -2.17. The third-order valence-corrected chi connectivity index (χ3v) is 2.12. The molecule has 4 heteroatoms. The molecule has 0 aliphatic rings. The van der Waals surface area contributed by atoms with Gasteiger partial charge in [0.1, 0.15) is 0 Å². The minimum absolute atomic E-state index is 0.493. The van der Waals surface area contributed by atoms with Crippen LogP contribution >= 0.6 is 0 Å². The second-order valence-electron chi connectivity index (χ2n) is 5.48. The molecule has 0 atom stereocenters. The summed E-state index contributed by atoms with van der Waals surface area (Å²) in [5.41, 5.74) is -1.27. The molecule has 0 radical (unpaired) electrons. The Hall–Kier alpha value is -0.160. The van der Waals surface area contributed by atoms with Crippen molar-refractivity contribution in [3.8, 4) is 0 Å². The molecule has 0 rings (SSSR count). The lowest BCUT2D eigenvalue weighted by molar-refractivity contribution is -0.296. The number of hydrogen-bond acceptors (Lipinski definition) is 4. The van der Waals surface area contributed by atoms with Crippen molar-refractivity contribution in [1.82, 2.24) is 0 Å². The number of hydrogen-bond donors (Lipinski definition) is 2. The van der Waals surface area contributed by atoms with Crippen molar-refractivity contribution < 1.29 is 20.0 Å². The van der Waals surface area contributed by atoms with Gasteiger partial charge in [-0.3, -0.25) is 0 Å². The van der Waals surface area contributed by atoms with E-state index < -0.39 is 11.2 Å². The third kappa shape index (κ3) is 13.8. The molecule has 16 heavy (non-hydrogen) atoms. The second kappa shape index (κ2) is 7.22. The normalized spacial score (nSPS) is 13.1. The average Bonchev–Trinajstić information content (AvgIpc) is 2.06. The zero-order valence-corrected chi connectivity index (χ0v) is 11.0. The van der Waals surface area contributed by atoms with E-state index in [1.807, 2.05) is 0 Å². The number of rotatable bonds is 9. The lowest BCUT2D eigenvalue weighted by Crippen LogP contribution is -2.19. The fourth-order valence-electron chi connectivity index (χ4n) is 1.25. The molecule has 0 aromatic rings. The van der Waals surface area contributed by atoms with Crippen LogP contribution in [0.4, 0.5) is 0 Å². The maximum absolute atomic E-state index is 9.42. The molecule has 2 N–H and O–H groups in total. The molecule has 0 unspecified atom stereocenters. The Balaban J connectivity index is 3.17. The number of aliphatic hydroxyl groups is 2. The highest BCUT2D eigenvalue weighted by molar-refractivity contribution is 4.64. The van der Waals surface area contributed by atoms with Gasteiger partial charge in [0.15, 0.2) is 0 Å². The van der Waals surface area contributed by atoms with E-state index in [4.69, 9.17) is 9.78 Å². The minimum Gasteiger partial charge on any atom is -0.390 e. The van der Waals surface area contributed by atoms with E-state index in [1.54, 1.807) is 27.7 Å². The molecule has 0 saturated carbocycles. The van der Waals surface area contributed by atoms with Gasteiger partial charge in [0.25, 0.3) is 0 Å². The van der Waals surface area contributed by atoms with Crippen LogP contribution in [-0.2, 0) is 9.78 Å². The Labute approximate surface area is 98.5 Å². The van der Waals surface area contributed by atoms with Crippen LogP contribution < -0.4 is 0 Å². The largest absolute Gasteiger partial charge is 0.390 e. The highest BCUT2D eigenvalue weighted by atomic mass is 17.2. The Kier molecular flexibility index (Phi) is 7.15. The molecule has 0 fully saturated rings. The summed E-state index contributed by atoms with van der Waals surface area (Å²) in [5, 5.41) is 18.8. The molecule has 98 valence electrons. The molecule has 0 bridgehead atoms. The minimum atomic E-state index is -0.635. The van der Waals surface area contributed by atoms with Crippen molar-refractivity contribution in [2.45, 2.75) is 64.6 Å². The SMILES string of the molecule is CC(C)(O)CCCOOCCCC(C)(C)O. The summed E-state index contributed by atoms with van der Waals surface area (Å²) in [7, 11) is 0. The molecule has 0 amide bonds. The zero-order chi connectivity index (χ0) is 12.7. The monoisotopic (exact) mass is 234 g/mol. The second-order valence-corrected chi connectivity index (χ2v) is 5.48. The summed E-state index contributed by atoms with van der Waals surface area (Å²) in [5.74, 6) is 0. The van der Waals surface area contributed by atoms with Crippen molar-refractivity contribution in [3.05, 3.63) is 0 Å². The predicted octanol–water partition coefficient (Wildman–Crippen LogP) is 2.04. The van der Waals surface area contributed by atoms with Gasteiger partial charge in [-0.1, -0.05) is 0 Å². The van der Waals surface area contributed by atoms with Crippen molar-refractivity contribution in [3.63, 3.8) is 0 Å². The Morgan fingerprint density at radius 1 is 0.750 bits per heavy atom. The molecule has 0 aliphatic carbocycles. The molecular formula is C12H26O4. The summed E-state index contributed by atoms with van der Waals surface area (Å²) in [6, 6.07) is 0. The standard InChI is InChI=1S/C12H26O4/c1-11(2,13)7-5-9-15-16-10-6-8-12(3,4)14/h13-14H,5-10H2,1-4H3. The van der Waals surface area contributed by atoms with Gasteiger partial charge in [0.05, 0.1) is 24.4 Å². The first kappa shape index (κ1) is 15.8. The molecule has 0 aromatic heterocycles. The fraction of sp³-hybridized carbons (Fsp3) is 1.00. The molecule has 4 nitrogen and oxygen atoms in total. The van der Waals surface area contributed by atoms with E-state index in [0.29, 0.717) is 26.1 Å². The Bertz CT molecular complexity index is 147. The van der Waals surface area contributed by atoms with E-state index in [2.05, 4.69) is 0 Å². The van der Waals surface area contributed by atoms with Crippen LogP contribution in [0.2, 0.25) is 0 Å². The first-order valence-corrected chi connectivity index (χ1v) is 5.90. The predicted molar refractivity (Wildman–Crippen MR) is 63.0 cm³/mol. The van der Waals surface area contributed by atoms with E-state index in [0.717, 1.165) is 12.8 Å². The quantitative estimate of drug-likeness (QED) is 0.364. The van der Waals surface area contributed by atoms with Crippen molar-refractivity contribution >= 4 is 0 Å². The van der Waals surface area contributed by atoms with E-state index in [9.17, 15) is 10.2 Å². The van der Waals surface area contributed by atoms with Crippen LogP contribution in [0.5, 0.6) is 0 Å². The maximum atomic E-state index is 9.42. The van der Waals surface area contributed by atoms with E-state index in [1.165, 1.54) is 0 Å². The average molecular weight is 234 g/mol. The van der Waals surface area contributed by atoms with Crippen molar-refractivity contribution in [2.24, 2.45) is 0 Å². The molecule has 0 spiro atoms. The van der Waals surface area contributed by atoms with Gasteiger partial charge in [-0.2, -0.15) is 0 Å². The molecule has 0 heterocycles. The summed E-state index contributed by atoms with van der Waals surface area (Å²) < 4.78 is 0. The summed E-state index contributed by atoms with van der Waals surface area (Å²) in [6.07, 6.45) is 2.93.